The van der Waals surface area contributed by atoms with Crippen molar-refractivity contribution >= 4 is 35.7 Å². The predicted octanol–water partition coefficient (Wildman–Crippen LogP) is 5.91. The Morgan fingerprint density at radius 1 is 1.10 bits per heavy atom. The van der Waals surface area contributed by atoms with Gasteiger partial charge in [0.25, 0.3) is 0 Å². The number of nitrogens with two attached hydrogens (primary N) is 1. The number of ketones is 1. The number of benzene rings is 1. The van der Waals surface area contributed by atoms with Crippen molar-refractivity contribution in [2.45, 2.75) is 160 Å². The minimum atomic E-state index is -1.23. The van der Waals surface area contributed by atoms with E-state index in [-0.39, 0.29) is 48.5 Å². The molecule has 0 bridgehead atoms. The molecule has 16 nitrogen and oxygen atoms in total. The van der Waals surface area contributed by atoms with Crippen molar-refractivity contribution in [1.29, 1.82) is 0 Å². The van der Waals surface area contributed by atoms with Gasteiger partial charge in [-0.3, -0.25) is 19.2 Å². The van der Waals surface area contributed by atoms with E-state index in [4.69, 9.17) is 29.4 Å². The number of hydrogen-bond acceptors (Lipinski definition) is 15. The second kappa shape index (κ2) is 23.2. The number of amides is 1. The van der Waals surface area contributed by atoms with Crippen LogP contribution in [0.3, 0.4) is 0 Å². The number of fused-ring (bicyclic) bond motifs is 1. The fourth-order valence-electron chi connectivity index (χ4n) is 9.72. The molecule has 3 aliphatic heterocycles. The molecule has 0 radical (unpaired) electrons. The number of aromatic nitrogens is 3. The normalized spacial score (nSPS) is 34.6. The predicted molar refractivity (Wildman–Crippen MR) is 241 cm³/mol. The van der Waals surface area contributed by atoms with Crippen LogP contribution in [0.5, 0.6) is 0 Å². The number of likely N-dealkylation sites (N-methyl/N-ethyl adjacent to an activating group) is 1. The number of nitrogens with one attached hydrogen (secondary N) is 1. The van der Waals surface area contributed by atoms with Gasteiger partial charge in [-0.1, -0.05) is 45.0 Å². The topological polar surface area (TPSA) is 193 Å². The lowest BCUT2D eigenvalue weighted by atomic mass is 9.78. The summed E-state index contributed by atoms with van der Waals surface area (Å²) in [5.41, 5.74) is 5.96. The molecule has 3 saturated heterocycles. The van der Waals surface area contributed by atoms with Crippen LogP contribution in [-0.4, -0.2) is 148 Å². The number of anilines is 1. The van der Waals surface area contributed by atoms with E-state index >= 15 is 0 Å². The number of carbonyl (C=O) groups is 3. The van der Waals surface area contributed by atoms with Crippen LogP contribution in [0.2, 0.25) is 0 Å². The average Bonchev–Trinajstić information content (AvgIpc) is 3.81. The van der Waals surface area contributed by atoms with Gasteiger partial charge in [0, 0.05) is 67.9 Å². The van der Waals surface area contributed by atoms with Gasteiger partial charge in [-0.15, -0.1) is 5.10 Å². The Bertz CT molecular complexity index is 1790. The lowest BCUT2D eigenvalue weighted by molar-refractivity contribution is -0.295. The molecule has 63 heavy (non-hydrogen) atoms. The third-order valence-electron chi connectivity index (χ3n) is 13.1. The third-order valence-corrected chi connectivity index (χ3v) is 13.1. The lowest BCUT2D eigenvalue weighted by Gasteiger charge is -2.46. The highest BCUT2D eigenvalue weighted by atomic mass is 32.2. The Morgan fingerprint density at radius 3 is 2.40 bits per heavy atom. The summed E-state index contributed by atoms with van der Waals surface area (Å²) in [5.74, 6) is -3.04. The van der Waals surface area contributed by atoms with Crippen LogP contribution in [0.15, 0.2) is 30.5 Å². The standard InChI is InChI=1S/C44H71N7O9.CH3FS/c1-12-32-36(52)28(5)39(59-41-37(53)34(49(9)10)21-27(4)57-41)43(7,56-11)23-26(3)24-46-29(6)38-44(8,35(13-2)58-40(32)54)60-42(55)51(38)20-15-14-19-50-25-33(47-48-50)30-17-16-18-31(45)22-30;1-3-2/h16-18,22,25-29,32,34-35,37-39,41,46,53H,12-15,19-21,23-24,45H2,1-11H3;1H3/t26-,27?,28+,29-,32-,34?,35-,37?,38-,39-,41+,43-,44-;/m1./s1. The van der Waals surface area contributed by atoms with Crippen molar-refractivity contribution in [2.24, 2.45) is 17.8 Å². The van der Waals surface area contributed by atoms with Crippen LogP contribution >= 0.6 is 12.1 Å². The number of halogens is 1. The maximum Gasteiger partial charge on any atom is 0.410 e. The number of nitrogens with zero attached hydrogens (tertiary/aromatic N) is 5. The van der Waals surface area contributed by atoms with Gasteiger partial charge in [-0.25, -0.2) is 4.79 Å². The smallest absolute Gasteiger partial charge is 0.410 e. The molecule has 4 N–H and O–H groups in total. The minimum Gasteiger partial charge on any atom is -0.457 e. The zero-order chi connectivity index (χ0) is 46.8. The van der Waals surface area contributed by atoms with Gasteiger partial charge in [-0.2, -0.15) is 3.89 Å². The molecule has 1 aromatic carbocycles. The molecule has 13 atom stereocenters. The number of unbranched alkanes of at least 4 members (excludes halogenated alkanes) is 1. The van der Waals surface area contributed by atoms with Crippen molar-refractivity contribution < 1.29 is 47.1 Å². The summed E-state index contributed by atoms with van der Waals surface area (Å²) in [4.78, 5) is 46.4. The quantitative estimate of drug-likeness (QED) is 0.0985. The number of esters is 1. The van der Waals surface area contributed by atoms with Crippen molar-refractivity contribution in [3.8, 4) is 11.3 Å². The summed E-state index contributed by atoms with van der Waals surface area (Å²) < 4.78 is 43.7. The van der Waals surface area contributed by atoms with Gasteiger partial charge in [-0.05, 0) is 105 Å². The number of cyclic esters (lactones) is 1. The van der Waals surface area contributed by atoms with E-state index in [0.717, 1.165) is 11.3 Å². The molecule has 0 spiro atoms. The Labute approximate surface area is 378 Å². The number of aliphatic hydroxyl groups excluding tert-OH is 1. The molecule has 4 heterocycles. The zero-order valence-corrected chi connectivity index (χ0v) is 40.2. The first-order chi connectivity index (χ1) is 29.8. The third kappa shape index (κ3) is 12.5. The monoisotopic (exact) mass is 908 g/mol. The number of ether oxygens (including phenoxy) is 5. The van der Waals surface area contributed by atoms with E-state index in [1.165, 1.54) is 6.26 Å². The van der Waals surface area contributed by atoms with Crippen LogP contribution in [0.25, 0.3) is 11.3 Å². The highest BCUT2D eigenvalue weighted by molar-refractivity contribution is 7.93. The van der Waals surface area contributed by atoms with Gasteiger partial charge in [0.2, 0.25) is 0 Å². The Balaban J connectivity index is 0.00000282. The van der Waals surface area contributed by atoms with Crippen LogP contribution < -0.4 is 11.1 Å². The van der Waals surface area contributed by atoms with E-state index in [1.54, 1.807) is 30.5 Å². The lowest BCUT2D eigenvalue weighted by Crippen LogP contribution is -2.61. The molecule has 2 aromatic rings. The van der Waals surface area contributed by atoms with Crippen LogP contribution in [0.1, 0.15) is 93.9 Å². The van der Waals surface area contributed by atoms with Gasteiger partial charge in [0.05, 0.1) is 30.0 Å². The molecule has 18 heteroatoms. The van der Waals surface area contributed by atoms with Crippen LogP contribution in [-0.2, 0) is 39.8 Å². The largest absolute Gasteiger partial charge is 0.457 e. The molecule has 1 amide bonds. The minimum absolute atomic E-state index is 0.0129. The summed E-state index contributed by atoms with van der Waals surface area (Å²) in [6, 6.07) is 6.46. The van der Waals surface area contributed by atoms with Crippen molar-refractivity contribution in [3.63, 3.8) is 0 Å². The number of nitrogen functional groups attached to an aromatic ring is 1. The Morgan fingerprint density at radius 2 is 1.78 bits per heavy atom. The maximum atomic E-state index is 14.6. The second-order valence-corrected chi connectivity index (χ2v) is 18.5. The SMILES string of the molecule is CC[C@H]1C(=O)O[C@H](CC)[C@@]2(C)OC(=O)N(CCCCn3cc(-c4cccc(N)c4)nn3)[C@@H]2[C@@H](C)NC[C@H](C)C[C@@](C)(OC)[C@H](O[C@@H]2OC(C)CC(N(C)C)C2O)[C@@H](C)C1=O.CSF. The zero-order valence-electron chi connectivity index (χ0n) is 39.4. The summed E-state index contributed by atoms with van der Waals surface area (Å²) in [6.07, 6.45) is 1.77. The fourth-order valence-corrected chi connectivity index (χ4v) is 9.72. The van der Waals surface area contributed by atoms with Crippen LogP contribution in [0, 0.1) is 17.8 Å². The molecular formula is C45H74FN7O9S. The summed E-state index contributed by atoms with van der Waals surface area (Å²) in [6.45, 7) is 16.7. The number of rotatable bonds is 12. The van der Waals surface area contributed by atoms with Gasteiger partial charge in [0.15, 0.2) is 17.7 Å². The highest BCUT2D eigenvalue weighted by Gasteiger charge is 2.59. The Hall–Kier alpha value is -3.39. The molecule has 1 aromatic heterocycles. The highest BCUT2D eigenvalue weighted by Crippen LogP contribution is 2.40. The van der Waals surface area contributed by atoms with Gasteiger partial charge < -0.3 is 44.7 Å². The summed E-state index contributed by atoms with van der Waals surface area (Å²) in [5, 5.41) is 23.8. The molecule has 3 aliphatic rings. The molecule has 5 rings (SSSR count). The van der Waals surface area contributed by atoms with E-state index in [2.05, 4.69) is 22.6 Å². The maximum absolute atomic E-state index is 14.6. The van der Waals surface area contributed by atoms with Crippen molar-refractivity contribution in [1.82, 2.24) is 30.1 Å². The number of hydrogen-bond donors (Lipinski definition) is 3. The van der Waals surface area contributed by atoms with Crippen molar-refractivity contribution in [3.05, 3.63) is 30.5 Å². The van der Waals surface area contributed by atoms with Gasteiger partial charge in [0.1, 0.15) is 23.8 Å². The molecule has 3 unspecified atom stereocenters. The molecule has 3 fully saturated rings. The van der Waals surface area contributed by atoms with E-state index in [9.17, 15) is 23.4 Å². The average molecular weight is 908 g/mol. The fraction of sp³-hybridized carbons (Fsp3) is 0.756. The first kappa shape index (κ1) is 52.2. The van der Waals surface area contributed by atoms with Gasteiger partial charge >= 0.3 is 12.1 Å². The summed E-state index contributed by atoms with van der Waals surface area (Å²) in [7, 11) is 5.41. The summed E-state index contributed by atoms with van der Waals surface area (Å²) >= 11 is 0.250. The molecular weight excluding hydrogens is 834 g/mol. The number of Topliss-reactive ketones (excluding diaryl/α,β-unsaturated/α-hetero) is 1. The second-order valence-electron chi connectivity index (χ2n) is 18.2. The number of methoxy groups -OCH3 is 1. The first-order valence-electron chi connectivity index (χ1n) is 22.4. The van der Waals surface area contributed by atoms with E-state index in [0.29, 0.717) is 57.4 Å². The number of aryl methyl sites for hydroxylation is 1. The molecule has 0 saturated carbocycles. The van der Waals surface area contributed by atoms with E-state index < -0.39 is 65.7 Å². The molecule has 0 aliphatic carbocycles. The number of aliphatic hydroxyl groups is 1. The van der Waals surface area contributed by atoms with Crippen LogP contribution in [0.4, 0.5) is 14.4 Å². The van der Waals surface area contributed by atoms with Crippen molar-refractivity contribution in [2.75, 3.05) is 46.3 Å². The first-order valence-corrected chi connectivity index (χ1v) is 23.5. The number of carbonyl (C=O) groups excluding carboxylic acids is 3. The van der Waals surface area contributed by atoms with E-state index in [1.807, 2.05) is 84.1 Å². The molecule has 356 valence electrons. The Kier molecular flexibility index (Phi) is 19.2.